The summed E-state index contributed by atoms with van der Waals surface area (Å²) in [6.07, 6.45) is 6.64. The first-order chi connectivity index (χ1) is 10.3. The lowest BCUT2D eigenvalue weighted by molar-refractivity contribution is 0.248. The minimum atomic E-state index is 0.515. The summed E-state index contributed by atoms with van der Waals surface area (Å²) in [5.41, 5.74) is 2.69. The van der Waals surface area contributed by atoms with Crippen LogP contribution >= 0.6 is 0 Å². The molecule has 0 amide bonds. The van der Waals surface area contributed by atoms with Crippen LogP contribution in [0.5, 0.6) is 5.75 Å². The maximum atomic E-state index is 5.24. The van der Waals surface area contributed by atoms with Gasteiger partial charge in [-0.3, -0.25) is 9.58 Å². The first-order valence-electron chi connectivity index (χ1n) is 7.69. The standard InChI is InChI=1S/C17H23N3O/c1-3-20-13-14(11-18-20)12-19-10-4-5-17(19)15-6-8-16(21-2)9-7-15/h6-9,11,13,17H,3-5,10,12H2,1-2H3. The molecule has 1 aliphatic rings. The van der Waals surface area contributed by atoms with Crippen molar-refractivity contribution < 1.29 is 4.74 Å². The Morgan fingerprint density at radius 1 is 1.29 bits per heavy atom. The molecule has 1 unspecified atom stereocenters. The number of ether oxygens (including phenoxy) is 1. The highest BCUT2D eigenvalue weighted by atomic mass is 16.5. The zero-order valence-corrected chi connectivity index (χ0v) is 12.8. The van der Waals surface area contributed by atoms with Crippen LogP contribution in [0.3, 0.4) is 0 Å². The van der Waals surface area contributed by atoms with Gasteiger partial charge in [-0.1, -0.05) is 12.1 Å². The molecular formula is C17H23N3O. The molecule has 1 aliphatic heterocycles. The number of hydrogen-bond acceptors (Lipinski definition) is 3. The van der Waals surface area contributed by atoms with Gasteiger partial charge in [-0.15, -0.1) is 0 Å². The molecule has 0 saturated carbocycles. The van der Waals surface area contributed by atoms with Crippen LogP contribution in [0.1, 0.15) is 36.9 Å². The number of aromatic nitrogens is 2. The summed E-state index contributed by atoms with van der Waals surface area (Å²) in [7, 11) is 1.71. The van der Waals surface area contributed by atoms with E-state index in [1.54, 1.807) is 7.11 Å². The number of rotatable bonds is 5. The van der Waals surface area contributed by atoms with Crippen molar-refractivity contribution in [1.29, 1.82) is 0 Å². The van der Waals surface area contributed by atoms with Crippen molar-refractivity contribution in [3.8, 4) is 5.75 Å². The topological polar surface area (TPSA) is 30.3 Å². The number of hydrogen-bond donors (Lipinski definition) is 0. The smallest absolute Gasteiger partial charge is 0.118 e. The van der Waals surface area contributed by atoms with Crippen LogP contribution < -0.4 is 4.74 Å². The normalized spacial score (nSPS) is 19.0. The van der Waals surface area contributed by atoms with Crippen molar-refractivity contribution in [2.24, 2.45) is 0 Å². The third kappa shape index (κ3) is 3.10. The summed E-state index contributed by atoms with van der Waals surface area (Å²) >= 11 is 0. The van der Waals surface area contributed by atoms with Crippen LogP contribution in [0.2, 0.25) is 0 Å². The molecule has 1 saturated heterocycles. The Bertz CT molecular complexity index is 576. The van der Waals surface area contributed by atoms with Gasteiger partial charge in [0.15, 0.2) is 0 Å². The van der Waals surface area contributed by atoms with E-state index in [4.69, 9.17) is 4.74 Å². The average molecular weight is 285 g/mol. The Morgan fingerprint density at radius 2 is 2.10 bits per heavy atom. The third-order valence-corrected chi connectivity index (χ3v) is 4.26. The number of benzene rings is 1. The van der Waals surface area contributed by atoms with E-state index in [2.05, 4.69) is 47.4 Å². The van der Waals surface area contributed by atoms with Gasteiger partial charge in [0, 0.05) is 30.9 Å². The lowest BCUT2D eigenvalue weighted by Crippen LogP contribution is -2.22. The van der Waals surface area contributed by atoms with Crippen molar-refractivity contribution >= 4 is 0 Å². The summed E-state index contributed by atoms with van der Waals surface area (Å²) in [4.78, 5) is 2.55. The molecule has 4 nitrogen and oxygen atoms in total. The Labute approximate surface area is 126 Å². The Balaban J connectivity index is 1.72. The monoisotopic (exact) mass is 285 g/mol. The molecule has 112 valence electrons. The van der Waals surface area contributed by atoms with E-state index < -0.39 is 0 Å². The molecule has 0 radical (unpaired) electrons. The fourth-order valence-electron chi connectivity index (χ4n) is 3.11. The highest BCUT2D eigenvalue weighted by Gasteiger charge is 2.26. The largest absolute Gasteiger partial charge is 0.497 e. The third-order valence-electron chi connectivity index (χ3n) is 4.26. The second kappa shape index (κ2) is 6.31. The molecule has 1 fully saturated rings. The molecule has 0 spiro atoms. The molecule has 4 heteroatoms. The molecule has 1 aromatic carbocycles. The van der Waals surface area contributed by atoms with Gasteiger partial charge in [0.05, 0.1) is 13.3 Å². The highest BCUT2D eigenvalue weighted by molar-refractivity contribution is 5.29. The predicted octanol–water partition coefficient (Wildman–Crippen LogP) is 3.25. The van der Waals surface area contributed by atoms with Gasteiger partial charge in [0.25, 0.3) is 0 Å². The molecule has 21 heavy (non-hydrogen) atoms. The van der Waals surface area contributed by atoms with Crippen LogP contribution in [0, 0.1) is 0 Å². The van der Waals surface area contributed by atoms with Crippen molar-refractivity contribution in [3.05, 3.63) is 47.8 Å². The Hall–Kier alpha value is -1.81. The van der Waals surface area contributed by atoms with Gasteiger partial charge in [-0.05, 0) is 44.0 Å². The van der Waals surface area contributed by atoms with Crippen LogP contribution in [0.25, 0.3) is 0 Å². The van der Waals surface area contributed by atoms with Gasteiger partial charge >= 0.3 is 0 Å². The fourth-order valence-corrected chi connectivity index (χ4v) is 3.11. The van der Waals surface area contributed by atoms with Crippen LogP contribution in [0.15, 0.2) is 36.7 Å². The van der Waals surface area contributed by atoms with Crippen molar-refractivity contribution in [1.82, 2.24) is 14.7 Å². The molecule has 3 rings (SSSR count). The maximum absolute atomic E-state index is 5.24. The average Bonchev–Trinajstić information content (AvgIpc) is 3.17. The molecular weight excluding hydrogens is 262 g/mol. The van der Waals surface area contributed by atoms with Gasteiger partial charge in [0.1, 0.15) is 5.75 Å². The second-order valence-electron chi connectivity index (χ2n) is 5.61. The van der Waals surface area contributed by atoms with Crippen molar-refractivity contribution in [3.63, 3.8) is 0 Å². The van der Waals surface area contributed by atoms with E-state index in [0.29, 0.717) is 6.04 Å². The number of methoxy groups -OCH3 is 1. The minimum absolute atomic E-state index is 0.515. The zero-order chi connectivity index (χ0) is 14.7. The van der Waals surface area contributed by atoms with E-state index in [-0.39, 0.29) is 0 Å². The summed E-state index contributed by atoms with van der Waals surface area (Å²) < 4.78 is 7.24. The fraction of sp³-hybridized carbons (Fsp3) is 0.471. The van der Waals surface area contributed by atoms with Gasteiger partial charge in [0.2, 0.25) is 0 Å². The number of nitrogens with zero attached hydrogens (tertiary/aromatic N) is 3. The molecule has 1 atom stereocenters. The van der Waals surface area contributed by atoms with Crippen LogP contribution in [-0.2, 0) is 13.1 Å². The summed E-state index contributed by atoms with van der Waals surface area (Å²) in [6, 6.07) is 9.01. The van der Waals surface area contributed by atoms with Crippen LogP contribution in [-0.4, -0.2) is 28.3 Å². The van der Waals surface area contributed by atoms with E-state index in [0.717, 1.165) is 25.4 Å². The van der Waals surface area contributed by atoms with Gasteiger partial charge in [-0.2, -0.15) is 5.10 Å². The first-order valence-corrected chi connectivity index (χ1v) is 7.69. The van der Waals surface area contributed by atoms with Gasteiger partial charge in [-0.25, -0.2) is 0 Å². The second-order valence-corrected chi connectivity index (χ2v) is 5.61. The lowest BCUT2D eigenvalue weighted by atomic mass is 10.0. The molecule has 2 aromatic rings. The van der Waals surface area contributed by atoms with Crippen molar-refractivity contribution in [2.75, 3.05) is 13.7 Å². The maximum Gasteiger partial charge on any atom is 0.118 e. The highest BCUT2D eigenvalue weighted by Crippen LogP contribution is 2.33. The molecule has 0 aliphatic carbocycles. The number of likely N-dealkylation sites (tertiary alicyclic amines) is 1. The van der Waals surface area contributed by atoms with E-state index in [9.17, 15) is 0 Å². The van der Waals surface area contributed by atoms with Gasteiger partial charge < -0.3 is 4.74 Å². The summed E-state index contributed by atoms with van der Waals surface area (Å²) in [5.74, 6) is 0.924. The quantitative estimate of drug-likeness (QED) is 0.845. The van der Waals surface area contributed by atoms with E-state index >= 15 is 0 Å². The Morgan fingerprint density at radius 3 is 2.76 bits per heavy atom. The van der Waals surface area contributed by atoms with Crippen LogP contribution in [0.4, 0.5) is 0 Å². The zero-order valence-electron chi connectivity index (χ0n) is 12.8. The molecule has 0 N–H and O–H groups in total. The van der Waals surface area contributed by atoms with Crippen molar-refractivity contribution in [2.45, 2.75) is 38.9 Å². The van der Waals surface area contributed by atoms with E-state index in [1.165, 1.54) is 24.0 Å². The lowest BCUT2D eigenvalue weighted by Gasteiger charge is -2.24. The molecule has 0 bridgehead atoms. The number of aryl methyl sites for hydroxylation is 1. The molecule has 1 aromatic heterocycles. The first kappa shape index (κ1) is 14.1. The summed E-state index contributed by atoms with van der Waals surface area (Å²) in [5, 5.41) is 4.37. The Kier molecular flexibility index (Phi) is 4.25. The molecule has 2 heterocycles. The predicted molar refractivity (Wildman–Crippen MR) is 83.3 cm³/mol. The van der Waals surface area contributed by atoms with E-state index in [1.807, 2.05) is 10.9 Å². The minimum Gasteiger partial charge on any atom is -0.497 e. The SMILES string of the molecule is CCn1cc(CN2CCCC2c2ccc(OC)cc2)cn1. The summed E-state index contributed by atoms with van der Waals surface area (Å²) in [6.45, 7) is 5.19.